The molecule has 32 heavy (non-hydrogen) atoms. The van der Waals surface area contributed by atoms with E-state index in [0.717, 1.165) is 5.56 Å². The van der Waals surface area contributed by atoms with Gasteiger partial charge in [-0.15, -0.1) is 0 Å². The molecule has 1 aromatic carbocycles. The number of halogens is 2. The van der Waals surface area contributed by atoms with Crippen molar-refractivity contribution in [3.63, 3.8) is 0 Å². The van der Waals surface area contributed by atoms with Gasteiger partial charge in [0, 0.05) is 30.3 Å². The van der Waals surface area contributed by atoms with Gasteiger partial charge in [0.05, 0.1) is 17.3 Å². The van der Waals surface area contributed by atoms with E-state index in [4.69, 9.17) is 11.6 Å². The first-order valence-electron chi connectivity index (χ1n) is 9.95. The highest BCUT2D eigenvalue weighted by Gasteiger charge is 2.35. The molecule has 0 unspecified atom stereocenters. The van der Waals surface area contributed by atoms with Gasteiger partial charge in [-0.05, 0) is 31.0 Å². The fourth-order valence-corrected chi connectivity index (χ4v) is 3.67. The average Bonchev–Trinajstić information content (AvgIpc) is 3.12. The number of aromatic nitrogens is 3. The van der Waals surface area contributed by atoms with Crippen LogP contribution in [0.3, 0.4) is 0 Å². The van der Waals surface area contributed by atoms with Crippen LogP contribution in [-0.4, -0.2) is 32.6 Å². The lowest BCUT2D eigenvalue weighted by Crippen LogP contribution is -2.45. The third kappa shape index (κ3) is 4.79. The molecule has 2 heterocycles. The van der Waals surface area contributed by atoms with E-state index in [1.807, 2.05) is 30.3 Å². The molecule has 1 saturated carbocycles. The summed E-state index contributed by atoms with van der Waals surface area (Å²) >= 11 is 6.17. The topological polar surface area (TPSA) is 88.9 Å². The van der Waals surface area contributed by atoms with Crippen LogP contribution in [0.15, 0.2) is 48.8 Å². The summed E-state index contributed by atoms with van der Waals surface area (Å²) in [6, 6.07) is 10.4. The molecule has 1 aliphatic carbocycles. The molecule has 0 bridgehead atoms. The molecule has 7 nitrogen and oxygen atoms in total. The molecule has 0 saturated heterocycles. The number of benzene rings is 1. The first kappa shape index (κ1) is 21.5. The van der Waals surface area contributed by atoms with Crippen molar-refractivity contribution in [1.29, 1.82) is 0 Å². The Bertz CT molecular complexity index is 1230. The van der Waals surface area contributed by atoms with Gasteiger partial charge in [0.15, 0.2) is 11.6 Å². The molecule has 0 radical (unpaired) electrons. The summed E-state index contributed by atoms with van der Waals surface area (Å²) in [5.74, 6) is 4.10. The molecule has 2 amide bonds. The number of hydrogen-bond acceptors (Lipinski definition) is 4. The van der Waals surface area contributed by atoms with Gasteiger partial charge in [-0.3, -0.25) is 14.3 Å². The van der Waals surface area contributed by atoms with Crippen LogP contribution in [0, 0.1) is 17.7 Å². The zero-order valence-electron chi connectivity index (χ0n) is 17.1. The number of hydrogen-bond donors (Lipinski definition) is 2. The van der Waals surface area contributed by atoms with Crippen LogP contribution >= 0.6 is 11.6 Å². The first-order chi connectivity index (χ1) is 15.4. The molecule has 2 aromatic heterocycles. The van der Waals surface area contributed by atoms with Gasteiger partial charge in [-0.1, -0.05) is 41.6 Å². The third-order valence-corrected chi connectivity index (χ3v) is 5.31. The Kier molecular flexibility index (Phi) is 6.19. The molecular formula is C23H19ClFN5O2. The fraction of sp³-hybridized carbons (Fsp3) is 0.217. The van der Waals surface area contributed by atoms with E-state index in [-0.39, 0.29) is 34.5 Å². The molecule has 1 fully saturated rings. The lowest BCUT2D eigenvalue weighted by molar-refractivity contribution is -0.120. The zero-order chi connectivity index (χ0) is 22.7. The smallest absolute Gasteiger partial charge is 0.276 e. The second kappa shape index (κ2) is 9.20. The van der Waals surface area contributed by atoms with Crippen molar-refractivity contribution in [3.8, 4) is 11.8 Å². The number of nitrogens with one attached hydrogen (secondary N) is 2. The number of carbonyl (C=O) groups excluding carboxylic acids is 2. The van der Waals surface area contributed by atoms with E-state index in [0.29, 0.717) is 18.4 Å². The van der Waals surface area contributed by atoms with Gasteiger partial charge in [0.25, 0.3) is 5.91 Å². The van der Waals surface area contributed by atoms with Crippen LogP contribution in [0.4, 0.5) is 10.2 Å². The Morgan fingerprint density at radius 2 is 1.88 bits per heavy atom. The van der Waals surface area contributed by atoms with Crippen molar-refractivity contribution in [3.05, 3.63) is 76.5 Å². The van der Waals surface area contributed by atoms with E-state index in [1.165, 1.54) is 30.1 Å². The molecular weight excluding hydrogens is 433 g/mol. The standard InChI is InChI=1S/C23H19ClFN5O2/c1-14(31)28-17-10-18(11-17)30-21(19(24)13-27-30)23(32)29-22-20(25)9-16(12-26-22)8-7-15-5-3-2-4-6-15/h2-6,9,12-13,17-18H,10-11H2,1H3,(H,28,31)(H,26,29,32)/t17-,18+. The Balaban J connectivity index is 1.46. The lowest BCUT2D eigenvalue weighted by Gasteiger charge is -2.36. The van der Waals surface area contributed by atoms with Gasteiger partial charge in [0.1, 0.15) is 5.69 Å². The number of amides is 2. The maximum atomic E-state index is 14.5. The van der Waals surface area contributed by atoms with Crippen LogP contribution < -0.4 is 10.6 Å². The van der Waals surface area contributed by atoms with E-state index in [9.17, 15) is 14.0 Å². The van der Waals surface area contributed by atoms with Crippen LogP contribution in [0.5, 0.6) is 0 Å². The Morgan fingerprint density at radius 3 is 2.56 bits per heavy atom. The summed E-state index contributed by atoms with van der Waals surface area (Å²) in [6.07, 6.45) is 4.00. The van der Waals surface area contributed by atoms with Crippen molar-refractivity contribution in [1.82, 2.24) is 20.1 Å². The van der Waals surface area contributed by atoms with Crippen LogP contribution in [0.2, 0.25) is 5.02 Å². The SMILES string of the molecule is CC(=O)N[C@H]1C[C@@H](n2ncc(Cl)c2C(=O)Nc2ncc(C#Cc3ccccc3)cc2F)C1. The van der Waals surface area contributed by atoms with Gasteiger partial charge < -0.3 is 10.6 Å². The highest BCUT2D eigenvalue weighted by Crippen LogP contribution is 2.34. The Hall–Kier alpha value is -3.70. The minimum Gasteiger partial charge on any atom is -0.353 e. The molecule has 0 aliphatic heterocycles. The third-order valence-electron chi connectivity index (χ3n) is 5.03. The van der Waals surface area contributed by atoms with Gasteiger partial charge in [-0.25, -0.2) is 9.37 Å². The van der Waals surface area contributed by atoms with E-state index < -0.39 is 11.7 Å². The van der Waals surface area contributed by atoms with Crippen LogP contribution in [0.25, 0.3) is 0 Å². The number of nitrogens with zero attached hydrogens (tertiary/aromatic N) is 3. The minimum atomic E-state index is -0.713. The minimum absolute atomic E-state index is 0.0278. The highest BCUT2D eigenvalue weighted by molar-refractivity contribution is 6.34. The van der Waals surface area contributed by atoms with Crippen molar-refractivity contribution in [2.75, 3.05) is 5.32 Å². The summed E-state index contributed by atoms with van der Waals surface area (Å²) in [5.41, 5.74) is 1.29. The van der Waals surface area contributed by atoms with Crippen LogP contribution in [-0.2, 0) is 4.79 Å². The number of anilines is 1. The summed E-state index contributed by atoms with van der Waals surface area (Å²) in [7, 11) is 0. The summed E-state index contributed by atoms with van der Waals surface area (Å²) in [5, 5.41) is 9.61. The normalized spacial score (nSPS) is 17.0. The Labute approximate surface area is 189 Å². The number of pyridine rings is 1. The molecule has 2 N–H and O–H groups in total. The maximum absolute atomic E-state index is 14.5. The monoisotopic (exact) mass is 451 g/mol. The lowest BCUT2D eigenvalue weighted by atomic mass is 9.86. The highest BCUT2D eigenvalue weighted by atomic mass is 35.5. The number of rotatable bonds is 4. The maximum Gasteiger partial charge on any atom is 0.276 e. The molecule has 162 valence electrons. The predicted octanol–water partition coefficient (Wildman–Crippen LogP) is 3.56. The van der Waals surface area contributed by atoms with Crippen LogP contribution in [0.1, 0.15) is 47.4 Å². The summed E-state index contributed by atoms with van der Waals surface area (Å²) < 4.78 is 16.1. The van der Waals surface area contributed by atoms with E-state index in [2.05, 4.69) is 32.6 Å². The molecule has 1 aliphatic rings. The quantitative estimate of drug-likeness (QED) is 0.593. The van der Waals surface area contributed by atoms with Crippen molar-refractivity contribution in [2.45, 2.75) is 31.8 Å². The summed E-state index contributed by atoms with van der Waals surface area (Å²) in [6.45, 7) is 1.46. The van der Waals surface area contributed by atoms with Crippen molar-refractivity contribution < 1.29 is 14.0 Å². The Morgan fingerprint density at radius 1 is 1.16 bits per heavy atom. The molecule has 0 atom stereocenters. The van der Waals surface area contributed by atoms with E-state index in [1.54, 1.807) is 0 Å². The average molecular weight is 452 g/mol. The first-order valence-corrected chi connectivity index (χ1v) is 10.3. The number of carbonyl (C=O) groups is 2. The molecule has 4 rings (SSSR count). The molecule has 3 aromatic rings. The molecule has 0 spiro atoms. The van der Waals surface area contributed by atoms with Crippen molar-refractivity contribution in [2.24, 2.45) is 0 Å². The van der Waals surface area contributed by atoms with Gasteiger partial charge in [0.2, 0.25) is 5.91 Å². The molecule has 9 heteroatoms. The zero-order valence-corrected chi connectivity index (χ0v) is 17.9. The summed E-state index contributed by atoms with van der Waals surface area (Å²) in [4.78, 5) is 28.0. The van der Waals surface area contributed by atoms with Gasteiger partial charge >= 0.3 is 0 Å². The van der Waals surface area contributed by atoms with E-state index >= 15 is 0 Å². The van der Waals surface area contributed by atoms with Crippen molar-refractivity contribution >= 4 is 29.2 Å². The second-order valence-corrected chi connectivity index (χ2v) is 7.84. The second-order valence-electron chi connectivity index (χ2n) is 7.43. The fourth-order valence-electron chi connectivity index (χ4n) is 3.45. The van der Waals surface area contributed by atoms with Gasteiger partial charge in [-0.2, -0.15) is 5.10 Å². The predicted molar refractivity (Wildman–Crippen MR) is 118 cm³/mol. The largest absolute Gasteiger partial charge is 0.353 e.